The van der Waals surface area contributed by atoms with Gasteiger partial charge in [-0.2, -0.15) is 0 Å². The second-order valence-electron chi connectivity index (χ2n) is 9.88. The molecule has 11 heteroatoms. The molecule has 0 radical (unpaired) electrons. The molecule has 39 heavy (non-hydrogen) atoms. The molecule has 11 nitrogen and oxygen atoms in total. The highest BCUT2D eigenvalue weighted by Crippen LogP contribution is 2.59. The largest absolute Gasteiger partial charge is 0.488 e. The van der Waals surface area contributed by atoms with Crippen LogP contribution in [0, 0.1) is 24.7 Å². The predicted molar refractivity (Wildman–Crippen MR) is 142 cm³/mol. The van der Waals surface area contributed by atoms with Crippen molar-refractivity contribution in [2.24, 2.45) is 24.8 Å². The molecule has 4 aromatic heterocycles. The van der Waals surface area contributed by atoms with E-state index in [1.165, 1.54) is 0 Å². The zero-order chi connectivity index (χ0) is 26.9. The molecule has 4 aromatic rings. The molecule has 0 spiro atoms. The molecule has 4 atom stereocenters. The summed E-state index contributed by atoms with van der Waals surface area (Å²) in [5, 5.41) is 11.9. The average molecular weight is 527 g/mol. The van der Waals surface area contributed by atoms with E-state index >= 15 is 0 Å². The second-order valence-corrected chi connectivity index (χ2v) is 9.88. The van der Waals surface area contributed by atoms with Crippen molar-refractivity contribution < 1.29 is 14.3 Å². The molecule has 0 bridgehead atoms. The number of esters is 1. The average Bonchev–Trinajstić information content (AvgIpc) is 3.35. The summed E-state index contributed by atoms with van der Waals surface area (Å²) in [6.07, 6.45) is 5.38. The summed E-state index contributed by atoms with van der Waals surface area (Å²) in [6.45, 7) is 4.58. The minimum Gasteiger partial charge on any atom is -0.488 e. The Morgan fingerprint density at radius 3 is 2.74 bits per heavy atom. The molecule has 0 saturated heterocycles. The van der Waals surface area contributed by atoms with Gasteiger partial charge in [-0.15, -0.1) is 5.10 Å². The van der Waals surface area contributed by atoms with Crippen LogP contribution in [0.15, 0.2) is 48.8 Å². The molecule has 0 amide bonds. The number of fused-ring (bicyclic) bond motifs is 1. The van der Waals surface area contributed by atoms with Crippen LogP contribution in [0.4, 0.5) is 5.95 Å². The Morgan fingerprint density at radius 2 is 1.95 bits per heavy atom. The molecular formula is C28H30N8O3. The molecule has 2 fully saturated rings. The van der Waals surface area contributed by atoms with Crippen LogP contribution in [0.25, 0.3) is 22.8 Å². The monoisotopic (exact) mass is 526 g/mol. The van der Waals surface area contributed by atoms with E-state index in [4.69, 9.17) is 14.5 Å². The number of carbonyl (C=O) groups excluding carboxylic acids is 1. The maximum atomic E-state index is 12.2. The van der Waals surface area contributed by atoms with E-state index in [0.29, 0.717) is 36.4 Å². The Morgan fingerprint density at radius 1 is 1.05 bits per heavy atom. The van der Waals surface area contributed by atoms with Crippen LogP contribution in [0.3, 0.4) is 0 Å². The molecule has 2 saturated carbocycles. The molecule has 0 aromatic carbocycles. The molecule has 2 aliphatic rings. The van der Waals surface area contributed by atoms with Gasteiger partial charge in [0.2, 0.25) is 5.95 Å². The lowest BCUT2D eigenvalue weighted by atomic mass is 10.1. The van der Waals surface area contributed by atoms with Gasteiger partial charge in [0.15, 0.2) is 0 Å². The van der Waals surface area contributed by atoms with Crippen LogP contribution >= 0.6 is 0 Å². The third kappa shape index (κ3) is 4.91. The molecule has 0 aliphatic heterocycles. The first kappa shape index (κ1) is 24.9. The second kappa shape index (κ2) is 10.4. The van der Waals surface area contributed by atoms with Crippen LogP contribution in [0.2, 0.25) is 0 Å². The van der Waals surface area contributed by atoms with Crippen LogP contribution in [0.1, 0.15) is 31.2 Å². The highest BCUT2D eigenvalue weighted by molar-refractivity contribution is 5.77. The Hall–Kier alpha value is -4.41. The van der Waals surface area contributed by atoms with E-state index in [2.05, 4.69) is 30.6 Å². The Labute approximate surface area is 226 Å². The number of ether oxygens (including phenoxy) is 2. The zero-order valence-corrected chi connectivity index (χ0v) is 22.1. The van der Waals surface area contributed by atoms with Crippen LogP contribution < -0.4 is 10.1 Å². The summed E-state index contributed by atoms with van der Waals surface area (Å²) in [7, 11) is 1.84. The van der Waals surface area contributed by atoms with Crippen molar-refractivity contribution in [2.45, 2.75) is 39.3 Å². The van der Waals surface area contributed by atoms with Gasteiger partial charge < -0.3 is 14.8 Å². The van der Waals surface area contributed by atoms with Gasteiger partial charge in [0.25, 0.3) is 0 Å². The van der Waals surface area contributed by atoms with Gasteiger partial charge >= 0.3 is 5.97 Å². The molecule has 3 unspecified atom stereocenters. The van der Waals surface area contributed by atoms with Gasteiger partial charge in [0.1, 0.15) is 17.5 Å². The number of carbonyl (C=O) groups is 1. The maximum Gasteiger partial charge on any atom is 0.309 e. The normalized spacial score (nSPS) is 21.3. The third-order valence-corrected chi connectivity index (χ3v) is 7.50. The summed E-state index contributed by atoms with van der Waals surface area (Å²) in [6, 6.07) is 11.4. The van der Waals surface area contributed by atoms with Gasteiger partial charge in [-0.05, 0) is 62.9 Å². The van der Waals surface area contributed by atoms with Gasteiger partial charge in [0, 0.05) is 25.4 Å². The Kier molecular flexibility index (Phi) is 6.64. The fraction of sp³-hybridized carbons (Fsp3) is 0.393. The smallest absolute Gasteiger partial charge is 0.309 e. The maximum absolute atomic E-state index is 12.2. The van der Waals surface area contributed by atoms with Gasteiger partial charge in [-0.1, -0.05) is 11.3 Å². The van der Waals surface area contributed by atoms with Crippen molar-refractivity contribution in [3.05, 3.63) is 60.2 Å². The summed E-state index contributed by atoms with van der Waals surface area (Å²) in [4.78, 5) is 30.3. The van der Waals surface area contributed by atoms with Crippen molar-refractivity contribution in [3.63, 3.8) is 0 Å². The number of pyridine rings is 2. The first-order chi connectivity index (χ1) is 19.0. The number of aromatic nitrogens is 7. The van der Waals surface area contributed by atoms with Crippen molar-refractivity contribution in [1.82, 2.24) is 34.9 Å². The highest BCUT2D eigenvalue weighted by Gasteiger charge is 2.63. The molecular weight excluding hydrogens is 496 g/mol. The van der Waals surface area contributed by atoms with Crippen LogP contribution in [-0.4, -0.2) is 53.6 Å². The first-order valence-electron chi connectivity index (χ1n) is 13.2. The molecule has 2 aliphatic carbocycles. The standard InChI is InChI=1S/C28H30N8O3/c1-4-38-27(37)25-17-8-10-23(24(17)25)39-22-11-9-20(32-16(22)2)26-21(36(3)35-34-26)15-31-28-30-14-12-19(33-28)18-7-5-6-13-29-18/h5-7,9,11-14,17,23-25H,4,8,10,15H2,1-3H3,(H,30,31,33)/t17?,23-,24?,25?/m1/s1. The van der Waals surface area contributed by atoms with Crippen LogP contribution in [0.5, 0.6) is 5.75 Å². The number of rotatable bonds is 9. The van der Waals surface area contributed by atoms with E-state index in [-0.39, 0.29) is 23.9 Å². The third-order valence-electron chi connectivity index (χ3n) is 7.50. The van der Waals surface area contributed by atoms with E-state index in [0.717, 1.165) is 41.4 Å². The molecule has 200 valence electrons. The molecule has 4 heterocycles. The molecule has 1 N–H and O–H groups in total. The minimum atomic E-state index is -0.0938. The molecule has 6 rings (SSSR count). The van der Waals surface area contributed by atoms with Gasteiger partial charge in [-0.3, -0.25) is 9.78 Å². The van der Waals surface area contributed by atoms with E-state index < -0.39 is 0 Å². The highest BCUT2D eigenvalue weighted by atomic mass is 16.5. The van der Waals surface area contributed by atoms with Crippen molar-refractivity contribution in [3.8, 4) is 28.5 Å². The summed E-state index contributed by atoms with van der Waals surface area (Å²) in [5.41, 5.74) is 4.49. The van der Waals surface area contributed by atoms with E-state index in [1.807, 2.05) is 57.3 Å². The fourth-order valence-electron chi connectivity index (χ4n) is 5.54. The fourth-order valence-corrected chi connectivity index (χ4v) is 5.54. The van der Waals surface area contributed by atoms with Crippen molar-refractivity contribution in [1.29, 1.82) is 0 Å². The van der Waals surface area contributed by atoms with Gasteiger partial charge in [0.05, 0.1) is 47.5 Å². The number of nitrogens with one attached hydrogen (secondary N) is 1. The summed E-state index contributed by atoms with van der Waals surface area (Å²) in [5.74, 6) is 1.70. The predicted octanol–water partition coefficient (Wildman–Crippen LogP) is 3.62. The number of anilines is 1. The van der Waals surface area contributed by atoms with E-state index in [9.17, 15) is 4.79 Å². The number of nitrogens with zero attached hydrogens (tertiary/aromatic N) is 7. The summed E-state index contributed by atoms with van der Waals surface area (Å²) < 4.78 is 13.3. The lowest BCUT2D eigenvalue weighted by Gasteiger charge is -2.18. The van der Waals surface area contributed by atoms with Crippen molar-refractivity contribution in [2.75, 3.05) is 11.9 Å². The number of hydrogen-bond donors (Lipinski definition) is 1. The summed E-state index contributed by atoms with van der Waals surface area (Å²) >= 11 is 0. The quantitative estimate of drug-likeness (QED) is 0.323. The lowest BCUT2D eigenvalue weighted by molar-refractivity contribution is -0.146. The van der Waals surface area contributed by atoms with E-state index in [1.54, 1.807) is 17.1 Å². The Balaban J connectivity index is 1.15. The topological polar surface area (TPSA) is 130 Å². The first-order valence-corrected chi connectivity index (χ1v) is 13.2. The number of hydrogen-bond acceptors (Lipinski definition) is 10. The Bertz CT molecular complexity index is 1490. The van der Waals surface area contributed by atoms with Crippen LogP contribution in [-0.2, 0) is 23.1 Å². The van der Waals surface area contributed by atoms with Crippen molar-refractivity contribution >= 4 is 11.9 Å². The number of aryl methyl sites for hydroxylation is 2. The zero-order valence-electron chi connectivity index (χ0n) is 22.1. The van der Waals surface area contributed by atoms with Gasteiger partial charge in [-0.25, -0.2) is 19.6 Å². The lowest BCUT2D eigenvalue weighted by Crippen LogP contribution is -2.21. The SMILES string of the molecule is CCOC(=O)C1C2CC[C@@H](Oc3ccc(-c4nnn(C)c4CNc4nccc(-c5ccccn5)n4)nc3C)C21. The minimum absolute atomic E-state index is 0.00823.